The minimum Gasteiger partial charge on any atom is -0.495 e. The molecule has 0 amide bonds. The molecule has 212 valence electrons. The molecular formula is C28H34N6O5S. The van der Waals surface area contributed by atoms with Crippen LogP contribution in [-0.4, -0.2) is 71.8 Å². The fraction of sp³-hybridized carbons (Fsp3) is 0.393. The normalized spacial score (nSPS) is 18.9. The Bertz CT molecular complexity index is 1630. The van der Waals surface area contributed by atoms with Gasteiger partial charge < -0.3 is 29.0 Å². The average molecular weight is 567 g/mol. The van der Waals surface area contributed by atoms with E-state index in [9.17, 15) is 4.21 Å². The Kier molecular flexibility index (Phi) is 6.75. The molecule has 2 aliphatic rings. The maximum absolute atomic E-state index is 14.1. The van der Waals surface area contributed by atoms with Crippen molar-refractivity contribution in [3.8, 4) is 17.2 Å². The first-order valence-corrected chi connectivity index (χ1v) is 14.9. The van der Waals surface area contributed by atoms with Crippen LogP contribution in [0.3, 0.4) is 0 Å². The van der Waals surface area contributed by atoms with Crippen molar-refractivity contribution in [3.05, 3.63) is 41.6 Å². The van der Waals surface area contributed by atoms with E-state index < -0.39 is 9.71 Å². The smallest absolute Gasteiger partial charge is 0.188 e. The Morgan fingerprint density at radius 2 is 1.75 bits per heavy atom. The number of hydrogen-bond donors (Lipinski definition) is 3. The molecule has 4 aromatic rings. The quantitative estimate of drug-likeness (QED) is 0.234. The minimum atomic E-state index is -3.19. The maximum Gasteiger partial charge on any atom is 0.188 e. The number of ether oxygens (including phenoxy) is 3. The first-order chi connectivity index (χ1) is 19.3. The zero-order valence-electron chi connectivity index (χ0n) is 23.1. The molecule has 12 heteroatoms. The SMILES string of the molecule is C=S(=O)(Nc1noc2cc(Nc3cc(C4CC4)[nH]n3)c(OC)cc12)c1c(OC)cc([C@@H]2CCN(C)C2)cc1OC. The lowest BCUT2D eigenvalue weighted by Gasteiger charge is -2.21. The van der Waals surface area contributed by atoms with Gasteiger partial charge in [-0.2, -0.15) is 5.10 Å². The van der Waals surface area contributed by atoms with Gasteiger partial charge in [0.25, 0.3) is 0 Å². The number of aromatic amines is 1. The van der Waals surface area contributed by atoms with Crippen LogP contribution in [-0.2, 0) is 9.71 Å². The van der Waals surface area contributed by atoms with Gasteiger partial charge in [-0.3, -0.25) is 9.82 Å². The number of H-pyrrole nitrogens is 1. The van der Waals surface area contributed by atoms with Crippen LogP contribution >= 0.6 is 0 Å². The first-order valence-electron chi connectivity index (χ1n) is 13.2. The molecule has 11 nitrogen and oxygen atoms in total. The summed E-state index contributed by atoms with van der Waals surface area (Å²) in [7, 11) is 3.60. The number of hydrogen-bond acceptors (Lipinski definition) is 9. The number of likely N-dealkylation sites (N-methyl/N-ethyl adjacent to an activating group) is 1. The van der Waals surface area contributed by atoms with Gasteiger partial charge in [0.1, 0.15) is 22.1 Å². The Labute approximate surface area is 233 Å². The lowest BCUT2D eigenvalue weighted by atomic mass is 9.98. The third-order valence-electron chi connectivity index (χ3n) is 7.61. The summed E-state index contributed by atoms with van der Waals surface area (Å²) in [6.07, 6.45) is 3.39. The topological polar surface area (TPSA) is 127 Å². The maximum atomic E-state index is 14.1. The molecule has 1 saturated heterocycles. The number of anilines is 3. The predicted molar refractivity (Wildman–Crippen MR) is 156 cm³/mol. The number of benzene rings is 2. The van der Waals surface area contributed by atoms with Gasteiger partial charge in [-0.05, 0) is 68.4 Å². The van der Waals surface area contributed by atoms with Crippen molar-refractivity contribution in [2.24, 2.45) is 0 Å². The largest absolute Gasteiger partial charge is 0.495 e. The summed E-state index contributed by atoms with van der Waals surface area (Å²) < 4.78 is 39.8. The second-order valence-corrected chi connectivity index (χ2v) is 12.4. The van der Waals surface area contributed by atoms with Crippen molar-refractivity contribution >= 4 is 43.9 Å². The standard InChI is InChI=1S/C28H34N6O5S/c1-34-9-8-17(15-34)18-10-24(37-3)27(25(11-18)38-4)40(5,35)33-28-19-12-23(36-2)21(13-22(19)39-32-28)29-26-14-20(30-31-26)16-6-7-16/h10-14,16-17H,5-9,15H2,1-4H3,(H2,29,30,31)(H,32,33,35)/t17-,40?/m1/s1. The van der Waals surface area contributed by atoms with Crippen LogP contribution < -0.4 is 24.2 Å². The number of nitrogens with one attached hydrogen (secondary N) is 3. The molecule has 0 bridgehead atoms. The Balaban J connectivity index is 1.31. The molecule has 2 aromatic carbocycles. The number of aromatic nitrogens is 3. The Morgan fingerprint density at radius 3 is 2.38 bits per heavy atom. The summed E-state index contributed by atoms with van der Waals surface area (Å²) in [6.45, 7) is 1.96. The van der Waals surface area contributed by atoms with Crippen molar-refractivity contribution in [1.82, 2.24) is 20.3 Å². The van der Waals surface area contributed by atoms with Gasteiger partial charge in [-0.1, -0.05) is 5.16 Å². The second kappa shape index (κ2) is 10.3. The van der Waals surface area contributed by atoms with Crippen molar-refractivity contribution in [2.75, 3.05) is 51.5 Å². The zero-order valence-corrected chi connectivity index (χ0v) is 23.9. The number of rotatable bonds is 10. The molecule has 40 heavy (non-hydrogen) atoms. The van der Waals surface area contributed by atoms with Crippen molar-refractivity contribution < 1.29 is 22.9 Å². The molecule has 1 unspecified atom stereocenters. The van der Waals surface area contributed by atoms with Gasteiger partial charge in [0.2, 0.25) is 0 Å². The number of nitrogens with zero attached hydrogens (tertiary/aromatic N) is 3. The highest BCUT2D eigenvalue weighted by Crippen LogP contribution is 2.42. The van der Waals surface area contributed by atoms with Crippen molar-refractivity contribution in [2.45, 2.75) is 36.0 Å². The lowest BCUT2D eigenvalue weighted by molar-refractivity contribution is 0.373. The summed E-state index contributed by atoms with van der Waals surface area (Å²) in [5.74, 6) is 7.31. The number of likely N-dealkylation sites (tertiary alicyclic amines) is 1. The van der Waals surface area contributed by atoms with E-state index in [2.05, 4.69) is 43.2 Å². The molecule has 2 atom stereocenters. The fourth-order valence-electron chi connectivity index (χ4n) is 5.32. The summed E-state index contributed by atoms with van der Waals surface area (Å²) in [6, 6.07) is 9.41. The molecule has 6 rings (SSSR count). The number of fused-ring (bicyclic) bond motifs is 1. The molecule has 0 radical (unpaired) electrons. The van der Waals surface area contributed by atoms with E-state index in [1.54, 1.807) is 33.5 Å². The van der Waals surface area contributed by atoms with E-state index in [1.807, 2.05) is 18.2 Å². The highest BCUT2D eigenvalue weighted by molar-refractivity contribution is 8.01. The molecular weight excluding hydrogens is 532 g/mol. The fourth-order valence-corrected chi connectivity index (χ4v) is 6.82. The molecule has 3 heterocycles. The third kappa shape index (κ3) is 4.92. The molecule has 3 N–H and O–H groups in total. The van der Waals surface area contributed by atoms with Crippen LogP contribution in [0.2, 0.25) is 0 Å². The lowest BCUT2D eigenvalue weighted by Crippen LogP contribution is -2.17. The highest BCUT2D eigenvalue weighted by Gasteiger charge is 2.28. The summed E-state index contributed by atoms with van der Waals surface area (Å²) in [5.41, 5.74) is 3.33. The van der Waals surface area contributed by atoms with E-state index in [1.165, 1.54) is 12.8 Å². The van der Waals surface area contributed by atoms with Crippen LogP contribution in [0.25, 0.3) is 11.0 Å². The van der Waals surface area contributed by atoms with Crippen molar-refractivity contribution in [3.63, 3.8) is 0 Å². The van der Waals surface area contributed by atoms with Gasteiger partial charge in [-0.25, -0.2) is 4.21 Å². The second-order valence-electron chi connectivity index (χ2n) is 10.5. The molecule has 2 fully saturated rings. The zero-order chi connectivity index (χ0) is 28.0. The Morgan fingerprint density at radius 1 is 1.02 bits per heavy atom. The monoisotopic (exact) mass is 566 g/mol. The van der Waals surface area contributed by atoms with Crippen LogP contribution in [0, 0.1) is 0 Å². The predicted octanol–water partition coefficient (Wildman–Crippen LogP) is 4.72. The van der Waals surface area contributed by atoms with Crippen LogP contribution in [0.1, 0.15) is 42.4 Å². The first kappa shape index (κ1) is 26.3. The summed E-state index contributed by atoms with van der Waals surface area (Å²) >= 11 is 0. The third-order valence-corrected chi connectivity index (χ3v) is 9.19. The van der Waals surface area contributed by atoms with E-state index in [-0.39, 0.29) is 5.82 Å². The summed E-state index contributed by atoms with van der Waals surface area (Å²) in [5, 5.41) is 15.5. The van der Waals surface area contributed by atoms with Gasteiger partial charge in [-0.15, -0.1) is 0 Å². The Hall–Kier alpha value is -3.90. The minimum absolute atomic E-state index is 0.265. The van der Waals surface area contributed by atoms with Gasteiger partial charge in [0.15, 0.2) is 17.2 Å². The molecule has 2 aromatic heterocycles. The van der Waals surface area contributed by atoms with Crippen molar-refractivity contribution in [1.29, 1.82) is 0 Å². The van der Waals surface area contributed by atoms with Gasteiger partial charge in [0, 0.05) is 30.3 Å². The molecule has 0 spiro atoms. The van der Waals surface area contributed by atoms with E-state index in [0.29, 0.717) is 56.5 Å². The highest BCUT2D eigenvalue weighted by atomic mass is 32.2. The van der Waals surface area contributed by atoms with Crippen LogP contribution in [0.5, 0.6) is 17.2 Å². The molecule has 1 saturated carbocycles. The van der Waals surface area contributed by atoms with E-state index >= 15 is 0 Å². The van der Waals surface area contributed by atoms with Crippen LogP contribution in [0.15, 0.2) is 39.8 Å². The van der Waals surface area contributed by atoms with E-state index in [4.69, 9.17) is 18.7 Å². The average Bonchev–Trinajstić information content (AvgIpc) is 3.34. The molecule has 1 aliphatic carbocycles. The van der Waals surface area contributed by atoms with Gasteiger partial charge in [0.05, 0.1) is 42.1 Å². The van der Waals surface area contributed by atoms with E-state index in [0.717, 1.165) is 30.8 Å². The number of methoxy groups -OCH3 is 3. The molecule has 1 aliphatic heterocycles. The van der Waals surface area contributed by atoms with Gasteiger partial charge >= 0.3 is 0 Å². The summed E-state index contributed by atoms with van der Waals surface area (Å²) in [4.78, 5) is 2.62. The van der Waals surface area contributed by atoms with Crippen LogP contribution in [0.4, 0.5) is 17.3 Å².